The topological polar surface area (TPSA) is 47.6 Å². The van der Waals surface area contributed by atoms with Crippen molar-refractivity contribution in [2.24, 2.45) is 21.6 Å². The molecule has 0 bridgehead atoms. The van der Waals surface area contributed by atoms with Gasteiger partial charge in [0.2, 0.25) is 0 Å². The molecule has 3 nitrogen and oxygen atoms in total. The Morgan fingerprint density at radius 2 is 2.19 bits per heavy atom. The van der Waals surface area contributed by atoms with Crippen LogP contribution in [0.3, 0.4) is 0 Å². The summed E-state index contributed by atoms with van der Waals surface area (Å²) in [5, 5.41) is 0. The molecule has 2 atom stereocenters. The quantitative estimate of drug-likeness (QED) is 0.680. The molecule has 2 aliphatic rings. The third-order valence-electron chi connectivity index (χ3n) is 3.60. The zero-order valence-electron chi connectivity index (χ0n) is 10.4. The lowest BCUT2D eigenvalue weighted by molar-refractivity contribution is 0.178. The number of allylic oxidation sites excluding steroid dienone is 3. The first-order valence-electron chi connectivity index (χ1n) is 5.70. The van der Waals surface area contributed by atoms with Gasteiger partial charge < -0.3 is 10.5 Å². The van der Waals surface area contributed by atoms with E-state index in [4.69, 9.17) is 10.5 Å². The van der Waals surface area contributed by atoms with Gasteiger partial charge in [0.15, 0.2) is 0 Å². The second-order valence-corrected chi connectivity index (χ2v) is 5.77. The molecule has 0 radical (unpaired) electrons. The SMILES string of the molecule is CC(C)(C)C1(C)C=CC2=NC(N)COC2=C1. The van der Waals surface area contributed by atoms with Gasteiger partial charge in [0.05, 0.1) is 0 Å². The van der Waals surface area contributed by atoms with E-state index in [0.717, 1.165) is 11.5 Å². The monoisotopic (exact) mass is 220 g/mol. The van der Waals surface area contributed by atoms with Crippen LogP contribution in [0.2, 0.25) is 0 Å². The van der Waals surface area contributed by atoms with Crippen LogP contribution in [0.1, 0.15) is 27.7 Å². The molecule has 0 saturated heterocycles. The first-order valence-corrected chi connectivity index (χ1v) is 5.70. The van der Waals surface area contributed by atoms with Crippen molar-refractivity contribution in [2.45, 2.75) is 33.9 Å². The first kappa shape index (κ1) is 11.4. The Kier molecular flexibility index (Phi) is 2.46. The molecule has 1 heterocycles. The van der Waals surface area contributed by atoms with Crippen LogP contribution in [0.4, 0.5) is 0 Å². The summed E-state index contributed by atoms with van der Waals surface area (Å²) in [7, 11) is 0. The smallest absolute Gasteiger partial charge is 0.141 e. The van der Waals surface area contributed by atoms with E-state index in [1.807, 2.05) is 6.08 Å². The molecule has 2 unspecified atom stereocenters. The molecule has 0 aromatic heterocycles. The highest BCUT2D eigenvalue weighted by molar-refractivity contribution is 6.08. The molecule has 0 fully saturated rings. The van der Waals surface area contributed by atoms with Gasteiger partial charge in [-0.2, -0.15) is 0 Å². The van der Waals surface area contributed by atoms with Crippen molar-refractivity contribution in [3.05, 3.63) is 24.0 Å². The molecular weight excluding hydrogens is 200 g/mol. The number of fused-ring (bicyclic) bond motifs is 1. The van der Waals surface area contributed by atoms with Gasteiger partial charge in [-0.15, -0.1) is 0 Å². The van der Waals surface area contributed by atoms with Crippen molar-refractivity contribution in [2.75, 3.05) is 6.61 Å². The van der Waals surface area contributed by atoms with Crippen LogP contribution in [0.5, 0.6) is 0 Å². The summed E-state index contributed by atoms with van der Waals surface area (Å²) in [5.41, 5.74) is 6.76. The van der Waals surface area contributed by atoms with Gasteiger partial charge in [0, 0.05) is 5.41 Å². The number of hydrogen-bond donors (Lipinski definition) is 1. The third kappa shape index (κ3) is 1.80. The minimum absolute atomic E-state index is 0.00277. The highest BCUT2D eigenvalue weighted by Gasteiger charge is 2.37. The fourth-order valence-corrected chi connectivity index (χ4v) is 1.81. The van der Waals surface area contributed by atoms with Gasteiger partial charge in [-0.25, -0.2) is 0 Å². The lowest BCUT2D eigenvalue weighted by Crippen LogP contribution is -2.36. The summed E-state index contributed by atoms with van der Waals surface area (Å²) in [5.74, 6) is 0.877. The fraction of sp³-hybridized carbons (Fsp3) is 0.615. The Labute approximate surface area is 97.1 Å². The normalized spacial score (nSPS) is 33.7. The molecule has 1 aliphatic heterocycles. The highest BCUT2D eigenvalue weighted by Crippen LogP contribution is 2.44. The minimum atomic E-state index is -0.226. The Morgan fingerprint density at radius 3 is 2.81 bits per heavy atom. The van der Waals surface area contributed by atoms with Crippen LogP contribution in [0.15, 0.2) is 29.0 Å². The van der Waals surface area contributed by atoms with Crippen LogP contribution in [0.25, 0.3) is 0 Å². The van der Waals surface area contributed by atoms with E-state index in [0.29, 0.717) is 6.61 Å². The molecule has 0 spiro atoms. The van der Waals surface area contributed by atoms with Crippen LogP contribution >= 0.6 is 0 Å². The Morgan fingerprint density at radius 1 is 1.50 bits per heavy atom. The number of aliphatic imine (C=N–C) groups is 1. The zero-order chi connectivity index (χ0) is 12.0. The summed E-state index contributed by atoms with van der Waals surface area (Å²) < 4.78 is 5.64. The van der Waals surface area contributed by atoms with E-state index in [1.165, 1.54) is 0 Å². The number of hydrogen-bond acceptors (Lipinski definition) is 3. The lowest BCUT2D eigenvalue weighted by Gasteiger charge is -2.40. The molecule has 0 saturated carbocycles. The van der Waals surface area contributed by atoms with Crippen molar-refractivity contribution in [1.82, 2.24) is 0 Å². The second kappa shape index (κ2) is 3.45. The van der Waals surface area contributed by atoms with Gasteiger partial charge in [0.25, 0.3) is 0 Å². The van der Waals surface area contributed by atoms with Gasteiger partial charge in [-0.1, -0.05) is 33.8 Å². The van der Waals surface area contributed by atoms with Gasteiger partial charge in [-0.3, -0.25) is 4.99 Å². The van der Waals surface area contributed by atoms with Crippen LogP contribution < -0.4 is 5.73 Å². The van der Waals surface area contributed by atoms with Crippen molar-refractivity contribution < 1.29 is 4.74 Å². The summed E-state index contributed by atoms with van der Waals surface area (Å²) in [6, 6.07) is 0. The van der Waals surface area contributed by atoms with Gasteiger partial charge in [0.1, 0.15) is 24.2 Å². The van der Waals surface area contributed by atoms with E-state index < -0.39 is 0 Å². The minimum Gasteiger partial charge on any atom is -0.488 e. The number of rotatable bonds is 0. The molecular formula is C13H20N2O. The van der Waals surface area contributed by atoms with Crippen molar-refractivity contribution in [1.29, 1.82) is 0 Å². The molecule has 1 aliphatic carbocycles. The number of ether oxygens (including phenoxy) is 1. The predicted octanol–water partition coefficient (Wildman–Crippen LogP) is 2.25. The Bertz CT molecular complexity index is 387. The molecule has 0 aromatic carbocycles. The van der Waals surface area contributed by atoms with E-state index in [2.05, 4.69) is 44.8 Å². The fourth-order valence-electron chi connectivity index (χ4n) is 1.81. The molecule has 2 rings (SSSR count). The lowest BCUT2D eigenvalue weighted by atomic mass is 9.66. The van der Waals surface area contributed by atoms with Crippen LogP contribution in [-0.4, -0.2) is 18.5 Å². The predicted molar refractivity (Wildman–Crippen MR) is 66.1 cm³/mol. The van der Waals surface area contributed by atoms with Crippen LogP contribution in [0, 0.1) is 10.8 Å². The van der Waals surface area contributed by atoms with Crippen molar-refractivity contribution in [3.8, 4) is 0 Å². The van der Waals surface area contributed by atoms with Gasteiger partial charge in [-0.05, 0) is 17.6 Å². The molecule has 0 amide bonds. The number of nitrogens with zero attached hydrogens (tertiary/aromatic N) is 1. The molecule has 3 heteroatoms. The van der Waals surface area contributed by atoms with Crippen LogP contribution in [-0.2, 0) is 4.74 Å². The number of nitrogens with two attached hydrogens (primary N) is 1. The molecule has 88 valence electrons. The summed E-state index contributed by atoms with van der Waals surface area (Å²) >= 11 is 0. The first-order chi connectivity index (χ1) is 7.32. The largest absolute Gasteiger partial charge is 0.488 e. The van der Waals surface area contributed by atoms with E-state index in [9.17, 15) is 0 Å². The maximum absolute atomic E-state index is 5.72. The average Bonchev–Trinajstić information content (AvgIpc) is 2.17. The molecule has 16 heavy (non-hydrogen) atoms. The second-order valence-electron chi connectivity index (χ2n) is 5.77. The Hall–Kier alpha value is -1.09. The maximum Gasteiger partial charge on any atom is 0.141 e. The van der Waals surface area contributed by atoms with Gasteiger partial charge >= 0.3 is 0 Å². The van der Waals surface area contributed by atoms with E-state index in [-0.39, 0.29) is 17.0 Å². The van der Waals surface area contributed by atoms with Crippen molar-refractivity contribution >= 4 is 5.71 Å². The van der Waals surface area contributed by atoms with E-state index in [1.54, 1.807) is 0 Å². The molecule has 0 aromatic rings. The van der Waals surface area contributed by atoms with Crippen molar-refractivity contribution in [3.63, 3.8) is 0 Å². The third-order valence-corrected chi connectivity index (χ3v) is 3.60. The summed E-state index contributed by atoms with van der Waals surface area (Å²) in [4.78, 5) is 4.37. The maximum atomic E-state index is 5.72. The summed E-state index contributed by atoms with van der Waals surface area (Å²) in [6.45, 7) is 9.37. The summed E-state index contributed by atoms with van der Waals surface area (Å²) in [6.07, 6.45) is 6.16. The molecule has 2 N–H and O–H groups in total. The average molecular weight is 220 g/mol. The zero-order valence-corrected chi connectivity index (χ0v) is 10.4. The van der Waals surface area contributed by atoms with E-state index >= 15 is 0 Å². The Balaban J connectivity index is 2.38. The highest BCUT2D eigenvalue weighted by atomic mass is 16.5. The standard InChI is InChI=1S/C13H20N2O/c1-12(2,3)13(4)6-5-9-10(7-13)16-8-11(14)15-9/h5-7,11H,8,14H2,1-4H3.